The van der Waals surface area contributed by atoms with Crippen LogP contribution in [0.3, 0.4) is 0 Å². The van der Waals surface area contributed by atoms with Gasteiger partial charge in [0, 0.05) is 40.9 Å². The molecule has 0 amide bonds. The first-order chi connectivity index (χ1) is 8.50. The molecule has 18 heavy (non-hydrogen) atoms. The summed E-state index contributed by atoms with van der Waals surface area (Å²) in [5, 5.41) is 0. The maximum absolute atomic E-state index is 12.2. The average molecular weight is 283 g/mol. The molecule has 0 atom stereocenters. The first kappa shape index (κ1) is 17.8. The number of nitrogens with two attached hydrogens (primary N) is 1. The smallest absolute Gasteiger partial charge is 0.281 e. The molecule has 0 unspecified atom stereocenters. The fourth-order valence-corrected chi connectivity index (χ4v) is 2.72. The van der Waals surface area contributed by atoms with Crippen molar-refractivity contribution in [2.24, 2.45) is 5.73 Å². The van der Waals surface area contributed by atoms with E-state index in [0.717, 1.165) is 0 Å². The quantitative estimate of drug-likeness (QED) is 0.531. The first-order valence-electron chi connectivity index (χ1n) is 5.90. The van der Waals surface area contributed by atoms with E-state index in [0.29, 0.717) is 45.8 Å². The van der Waals surface area contributed by atoms with E-state index >= 15 is 0 Å². The lowest BCUT2D eigenvalue weighted by atomic mass is 10.4. The second-order valence-electron chi connectivity index (χ2n) is 3.86. The van der Waals surface area contributed by atoms with Crippen LogP contribution in [0, 0.1) is 0 Å². The molecule has 0 aliphatic carbocycles. The summed E-state index contributed by atoms with van der Waals surface area (Å²) in [6.45, 7) is 2.22. The van der Waals surface area contributed by atoms with Crippen molar-refractivity contribution in [3.05, 3.63) is 0 Å². The molecule has 8 heteroatoms. The molecule has 0 aliphatic heterocycles. The number of rotatable bonds is 11. The second kappa shape index (κ2) is 9.65. The Morgan fingerprint density at radius 2 is 1.56 bits per heavy atom. The monoisotopic (exact) mass is 283 g/mol. The van der Waals surface area contributed by atoms with Crippen molar-refractivity contribution in [1.82, 2.24) is 8.61 Å². The van der Waals surface area contributed by atoms with E-state index in [1.165, 1.54) is 8.61 Å². The maximum Gasteiger partial charge on any atom is 0.281 e. The van der Waals surface area contributed by atoms with Crippen molar-refractivity contribution in [2.45, 2.75) is 6.42 Å². The van der Waals surface area contributed by atoms with Gasteiger partial charge in [-0.3, -0.25) is 0 Å². The van der Waals surface area contributed by atoms with Gasteiger partial charge in [-0.1, -0.05) is 0 Å². The number of hydrogen-bond donors (Lipinski definition) is 1. The molecule has 0 radical (unpaired) electrons. The third kappa shape index (κ3) is 6.07. The third-order valence-electron chi connectivity index (χ3n) is 2.49. The molecule has 0 saturated carbocycles. The van der Waals surface area contributed by atoms with Crippen LogP contribution in [0.2, 0.25) is 0 Å². The van der Waals surface area contributed by atoms with Crippen LogP contribution >= 0.6 is 0 Å². The Bertz CT molecular complexity index is 289. The molecular weight excluding hydrogens is 258 g/mol. The summed E-state index contributed by atoms with van der Waals surface area (Å²) in [7, 11) is 1.17. The van der Waals surface area contributed by atoms with Gasteiger partial charge in [0.05, 0.1) is 13.2 Å². The molecule has 0 heterocycles. The van der Waals surface area contributed by atoms with Crippen molar-refractivity contribution in [3.8, 4) is 0 Å². The topological polar surface area (TPSA) is 85.1 Å². The predicted molar refractivity (Wildman–Crippen MR) is 70.5 cm³/mol. The second-order valence-corrected chi connectivity index (χ2v) is 5.89. The zero-order valence-electron chi connectivity index (χ0n) is 11.5. The van der Waals surface area contributed by atoms with E-state index in [1.54, 1.807) is 21.3 Å². The Morgan fingerprint density at radius 3 is 1.94 bits per heavy atom. The van der Waals surface area contributed by atoms with Crippen LogP contribution in [-0.2, 0) is 19.7 Å². The van der Waals surface area contributed by atoms with Gasteiger partial charge in [-0.25, -0.2) is 0 Å². The van der Waals surface area contributed by atoms with E-state index in [9.17, 15) is 8.42 Å². The van der Waals surface area contributed by atoms with Crippen LogP contribution in [0.4, 0.5) is 0 Å². The van der Waals surface area contributed by atoms with E-state index in [1.807, 2.05) is 0 Å². The van der Waals surface area contributed by atoms with Gasteiger partial charge < -0.3 is 15.2 Å². The summed E-state index contributed by atoms with van der Waals surface area (Å²) in [5.74, 6) is 0. The Labute approximate surface area is 110 Å². The number of methoxy groups -OCH3 is 2. The van der Waals surface area contributed by atoms with Crippen LogP contribution in [-0.4, -0.2) is 77.7 Å². The normalized spacial score (nSPS) is 12.6. The van der Waals surface area contributed by atoms with Gasteiger partial charge in [-0.05, 0) is 13.0 Å². The lowest BCUT2D eigenvalue weighted by Crippen LogP contribution is -2.45. The number of nitrogens with zero attached hydrogens (tertiary/aromatic N) is 2. The minimum absolute atomic E-state index is 0.315. The number of ether oxygens (including phenoxy) is 2. The minimum Gasteiger partial charge on any atom is -0.383 e. The van der Waals surface area contributed by atoms with E-state index in [2.05, 4.69) is 0 Å². The minimum atomic E-state index is -3.47. The molecule has 0 aromatic heterocycles. The molecule has 0 spiro atoms. The Morgan fingerprint density at radius 1 is 1.06 bits per heavy atom. The summed E-state index contributed by atoms with van der Waals surface area (Å²) in [6.07, 6.45) is 0.637. The summed E-state index contributed by atoms with van der Waals surface area (Å²) in [4.78, 5) is 0. The van der Waals surface area contributed by atoms with Crippen LogP contribution in [0.15, 0.2) is 0 Å². The van der Waals surface area contributed by atoms with Gasteiger partial charge in [-0.15, -0.1) is 0 Å². The molecule has 0 fully saturated rings. The molecule has 110 valence electrons. The highest BCUT2D eigenvalue weighted by Crippen LogP contribution is 2.06. The molecular formula is C10H25N3O4S. The van der Waals surface area contributed by atoms with Crippen molar-refractivity contribution < 1.29 is 17.9 Å². The van der Waals surface area contributed by atoms with Crippen LogP contribution in [0.25, 0.3) is 0 Å². The first-order valence-corrected chi connectivity index (χ1v) is 7.29. The average Bonchev–Trinajstić information content (AvgIpc) is 2.35. The molecule has 7 nitrogen and oxygen atoms in total. The van der Waals surface area contributed by atoms with Crippen molar-refractivity contribution >= 4 is 10.2 Å². The molecule has 0 rings (SSSR count). The number of hydrogen-bond acceptors (Lipinski definition) is 5. The molecule has 0 bridgehead atoms. The highest BCUT2D eigenvalue weighted by Gasteiger charge is 2.25. The summed E-state index contributed by atoms with van der Waals surface area (Å²) in [6, 6.07) is 0. The molecule has 2 N–H and O–H groups in total. The zero-order valence-corrected chi connectivity index (χ0v) is 12.3. The van der Waals surface area contributed by atoms with Gasteiger partial charge in [0.25, 0.3) is 10.2 Å². The maximum atomic E-state index is 12.2. The third-order valence-corrected chi connectivity index (χ3v) is 4.47. The summed E-state index contributed by atoms with van der Waals surface area (Å²) in [5.41, 5.74) is 5.38. The fraction of sp³-hybridized carbons (Fsp3) is 1.00. The SMILES string of the molecule is COCCN(CCOC)S(=O)(=O)N(C)CCCN. The molecule has 0 saturated heterocycles. The molecule has 0 aliphatic rings. The Kier molecular flexibility index (Phi) is 9.52. The van der Waals surface area contributed by atoms with Gasteiger partial charge in [0.1, 0.15) is 0 Å². The van der Waals surface area contributed by atoms with Crippen LogP contribution < -0.4 is 5.73 Å². The van der Waals surface area contributed by atoms with E-state index in [-0.39, 0.29) is 0 Å². The lowest BCUT2D eigenvalue weighted by molar-refractivity contribution is 0.147. The molecule has 0 aromatic carbocycles. The van der Waals surface area contributed by atoms with E-state index in [4.69, 9.17) is 15.2 Å². The highest BCUT2D eigenvalue weighted by atomic mass is 32.2. The Balaban J connectivity index is 4.60. The van der Waals surface area contributed by atoms with Crippen LogP contribution in [0.1, 0.15) is 6.42 Å². The van der Waals surface area contributed by atoms with E-state index < -0.39 is 10.2 Å². The summed E-state index contributed by atoms with van der Waals surface area (Å²) < 4.78 is 37.0. The fourth-order valence-electron chi connectivity index (χ4n) is 1.36. The zero-order chi connectivity index (χ0) is 14.0. The standard InChI is InChI=1S/C10H25N3O4S/c1-12(6-4-5-11)18(14,15)13(7-9-16-2)8-10-17-3/h4-11H2,1-3H3. The lowest BCUT2D eigenvalue weighted by Gasteiger charge is -2.27. The predicted octanol–water partition coefficient (Wildman–Crippen LogP) is -0.893. The van der Waals surface area contributed by atoms with Gasteiger partial charge in [0.2, 0.25) is 0 Å². The highest BCUT2D eigenvalue weighted by molar-refractivity contribution is 7.86. The van der Waals surface area contributed by atoms with Crippen molar-refractivity contribution in [1.29, 1.82) is 0 Å². The van der Waals surface area contributed by atoms with Gasteiger partial charge in [-0.2, -0.15) is 17.0 Å². The summed E-state index contributed by atoms with van der Waals surface area (Å²) >= 11 is 0. The van der Waals surface area contributed by atoms with Crippen LogP contribution in [0.5, 0.6) is 0 Å². The molecule has 0 aromatic rings. The van der Waals surface area contributed by atoms with Gasteiger partial charge >= 0.3 is 0 Å². The van der Waals surface area contributed by atoms with Crippen molar-refractivity contribution in [3.63, 3.8) is 0 Å². The Hall–Kier alpha value is -0.250. The van der Waals surface area contributed by atoms with Gasteiger partial charge in [0.15, 0.2) is 0 Å². The van der Waals surface area contributed by atoms with Crippen molar-refractivity contribution in [2.75, 3.05) is 60.7 Å². The largest absolute Gasteiger partial charge is 0.383 e.